The molecule has 2 heterocycles. The molecule has 102 valence electrons. The smallest absolute Gasteiger partial charge is 0.295 e. The maximum Gasteiger partial charge on any atom is 0.295 e. The number of anilines is 1. The van der Waals surface area contributed by atoms with Crippen molar-refractivity contribution in [3.05, 3.63) is 21.6 Å². The summed E-state index contributed by atoms with van der Waals surface area (Å²) in [7, 11) is 0. The van der Waals surface area contributed by atoms with Gasteiger partial charge in [-0.3, -0.25) is 20.1 Å². The molecule has 2 aromatic heterocycles. The minimum atomic E-state index is -0.645. The van der Waals surface area contributed by atoms with Gasteiger partial charge in [0.2, 0.25) is 0 Å². The number of carbonyl (C=O) groups excluding carboxylic acids is 1. The minimum absolute atomic E-state index is 0.000379. The van der Waals surface area contributed by atoms with Gasteiger partial charge in [0, 0.05) is 5.41 Å². The number of H-pyrrole nitrogens is 1. The standard InChI is InChI=1S/C10H15N7O2/c1-10(2,3)5-9(19)17-7(15-14-5)4(6(11)16-17)8(18)13-12/h16H,11-12H2,1-3H3,(H,13,18). The zero-order valence-electron chi connectivity index (χ0n) is 10.8. The molecule has 2 aromatic rings. The molecule has 19 heavy (non-hydrogen) atoms. The summed E-state index contributed by atoms with van der Waals surface area (Å²) >= 11 is 0. The molecule has 0 atom stereocenters. The molecule has 9 nitrogen and oxygen atoms in total. The monoisotopic (exact) mass is 265 g/mol. The van der Waals surface area contributed by atoms with E-state index in [1.807, 2.05) is 26.2 Å². The number of nitrogen functional groups attached to an aromatic ring is 2. The van der Waals surface area contributed by atoms with Crippen LogP contribution in [0.25, 0.3) is 5.65 Å². The van der Waals surface area contributed by atoms with E-state index in [-0.39, 0.29) is 22.7 Å². The fraction of sp³-hybridized carbons (Fsp3) is 0.400. The van der Waals surface area contributed by atoms with Gasteiger partial charge in [-0.05, 0) is 0 Å². The number of hydrazine groups is 1. The largest absolute Gasteiger partial charge is 0.383 e. The molecule has 0 radical (unpaired) electrons. The predicted octanol–water partition coefficient (Wildman–Crippen LogP) is -1.10. The lowest BCUT2D eigenvalue weighted by atomic mass is 9.93. The summed E-state index contributed by atoms with van der Waals surface area (Å²) < 4.78 is 1.09. The van der Waals surface area contributed by atoms with E-state index in [2.05, 4.69) is 15.3 Å². The van der Waals surface area contributed by atoms with Crippen LogP contribution in [0.1, 0.15) is 36.8 Å². The Morgan fingerprint density at radius 2 is 2.00 bits per heavy atom. The van der Waals surface area contributed by atoms with Crippen LogP contribution in [0.2, 0.25) is 0 Å². The highest BCUT2D eigenvalue weighted by molar-refractivity contribution is 6.03. The normalized spacial score (nSPS) is 11.8. The lowest BCUT2D eigenvalue weighted by molar-refractivity contribution is 0.0956. The van der Waals surface area contributed by atoms with Crippen LogP contribution in [0.5, 0.6) is 0 Å². The van der Waals surface area contributed by atoms with Gasteiger partial charge in [0.05, 0.1) is 0 Å². The molecule has 0 aliphatic heterocycles. The maximum absolute atomic E-state index is 12.3. The minimum Gasteiger partial charge on any atom is -0.383 e. The van der Waals surface area contributed by atoms with Gasteiger partial charge in [0.15, 0.2) is 5.65 Å². The van der Waals surface area contributed by atoms with Crippen molar-refractivity contribution in [3.8, 4) is 0 Å². The zero-order chi connectivity index (χ0) is 14.4. The van der Waals surface area contributed by atoms with E-state index in [1.165, 1.54) is 0 Å². The van der Waals surface area contributed by atoms with E-state index in [1.54, 1.807) is 0 Å². The van der Waals surface area contributed by atoms with Gasteiger partial charge < -0.3 is 5.73 Å². The first-order valence-corrected chi connectivity index (χ1v) is 5.55. The van der Waals surface area contributed by atoms with Gasteiger partial charge in [-0.2, -0.15) is 4.52 Å². The number of aromatic nitrogens is 4. The van der Waals surface area contributed by atoms with Crippen LogP contribution in [0, 0.1) is 0 Å². The fourth-order valence-corrected chi connectivity index (χ4v) is 1.72. The van der Waals surface area contributed by atoms with Crippen molar-refractivity contribution >= 4 is 17.4 Å². The van der Waals surface area contributed by atoms with Crippen LogP contribution in [-0.4, -0.2) is 25.7 Å². The fourth-order valence-electron chi connectivity index (χ4n) is 1.72. The van der Waals surface area contributed by atoms with Crippen molar-refractivity contribution in [1.29, 1.82) is 0 Å². The van der Waals surface area contributed by atoms with Gasteiger partial charge in [-0.25, -0.2) is 5.84 Å². The topological polar surface area (TPSA) is 144 Å². The molecule has 0 bridgehead atoms. The zero-order valence-corrected chi connectivity index (χ0v) is 10.8. The first kappa shape index (κ1) is 13.0. The van der Waals surface area contributed by atoms with Crippen LogP contribution in [-0.2, 0) is 5.41 Å². The number of hydrogen-bond acceptors (Lipinski definition) is 6. The summed E-state index contributed by atoms with van der Waals surface area (Å²) in [5, 5.41) is 10.4. The highest BCUT2D eigenvalue weighted by atomic mass is 16.2. The quantitative estimate of drug-likeness (QED) is 0.292. The number of rotatable bonds is 1. The molecule has 0 aliphatic carbocycles. The molecule has 0 spiro atoms. The highest BCUT2D eigenvalue weighted by Crippen LogP contribution is 2.18. The third kappa shape index (κ3) is 1.93. The number of hydrogen-bond donors (Lipinski definition) is 4. The number of carbonyl (C=O) groups is 1. The van der Waals surface area contributed by atoms with Crippen LogP contribution in [0.15, 0.2) is 4.79 Å². The van der Waals surface area contributed by atoms with Crippen molar-refractivity contribution in [3.63, 3.8) is 0 Å². The second-order valence-electron chi connectivity index (χ2n) is 5.14. The van der Waals surface area contributed by atoms with Crippen LogP contribution >= 0.6 is 0 Å². The summed E-state index contributed by atoms with van der Waals surface area (Å²) in [5.74, 6) is 4.41. The first-order valence-electron chi connectivity index (χ1n) is 5.55. The molecular weight excluding hydrogens is 250 g/mol. The third-order valence-electron chi connectivity index (χ3n) is 2.66. The van der Waals surface area contributed by atoms with Crippen LogP contribution in [0.4, 0.5) is 5.82 Å². The molecule has 0 aromatic carbocycles. The molecular formula is C10H15N7O2. The van der Waals surface area contributed by atoms with Gasteiger partial charge >= 0.3 is 0 Å². The predicted molar refractivity (Wildman–Crippen MR) is 68.4 cm³/mol. The van der Waals surface area contributed by atoms with E-state index in [4.69, 9.17) is 11.6 Å². The second kappa shape index (κ2) is 4.05. The van der Waals surface area contributed by atoms with Gasteiger partial charge in [-0.15, -0.1) is 10.2 Å². The Balaban J connectivity index is 2.82. The molecule has 0 fully saturated rings. The molecule has 9 heteroatoms. The Hall–Kier alpha value is -2.42. The number of nitrogens with one attached hydrogen (secondary N) is 2. The van der Waals surface area contributed by atoms with E-state index >= 15 is 0 Å². The molecule has 6 N–H and O–H groups in total. The first-order chi connectivity index (χ1) is 8.77. The van der Waals surface area contributed by atoms with Crippen LogP contribution < -0.4 is 22.6 Å². The van der Waals surface area contributed by atoms with Crippen LogP contribution in [0.3, 0.4) is 0 Å². The van der Waals surface area contributed by atoms with E-state index in [0.29, 0.717) is 0 Å². The van der Waals surface area contributed by atoms with Gasteiger partial charge in [0.1, 0.15) is 17.1 Å². The number of nitrogens with zero attached hydrogens (tertiary/aromatic N) is 3. The van der Waals surface area contributed by atoms with Crippen molar-refractivity contribution in [1.82, 2.24) is 25.2 Å². The van der Waals surface area contributed by atoms with Gasteiger partial charge in [0.25, 0.3) is 11.5 Å². The molecule has 0 saturated carbocycles. The van der Waals surface area contributed by atoms with Crippen molar-refractivity contribution in [2.24, 2.45) is 5.84 Å². The molecule has 2 rings (SSSR count). The third-order valence-corrected chi connectivity index (χ3v) is 2.66. The highest BCUT2D eigenvalue weighted by Gasteiger charge is 2.25. The Morgan fingerprint density at radius 3 is 2.53 bits per heavy atom. The van der Waals surface area contributed by atoms with E-state index in [0.717, 1.165) is 4.52 Å². The maximum atomic E-state index is 12.3. The summed E-state index contributed by atoms with van der Waals surface area (Å²) in [6, 6.07) is 0. The van der Waals surface area contributed by atoms with E-state index in [9.17, 15) is 9.59 Å². The average molecular weight is 265 g/mol. The number of amides is 1. The number of fused-ring (bicyclic) bond motifs is 1. The number of aromatic amines is 1. The SMILES string of the molecule is CC(C)(C)c1nnc2c(C(=O)NN)c(N)[nH]n2c1=O. The lowest BCUT2D eigenvalue weighted by Crippen LogP contribution is -2.32. The average Bonchev–Trinajstić information content (AvgIpc) is 2.64. The molecule has 1 amide bonds. The molecule has 0 saturated heterocycles. The Labute approximate surface area is 107 Å². The second-order valence-corrected chi connectivity index (χ2v) is 5.14. The van der Waals surface area contributed by atoms with Crippen molar-refractivity contribution in [2.75, 3.05) is 5.73 Å². The van der Waals surface area contributed by atoms with E-state index < -0.39 is 16.9 Å². The molecule has 0 aliphatic rings. The summed E-state index contributed by atoms with van der Waals surface area (Å²) in [6.07, 6.45) is 0. The van der Waals surface area contributed by atoms with Crippen molar-refractivity contribution < 1.29 is 4.79 Å². The lowest BCUT2D eigenvalue weighted by Gasteiger charge is -2.15. The Bertz CT molecular complexity index is 707. The summed E-state index contributed by atoms with van der Waals surface area (Å²) in [4.78, 5) is 23.8. The summed E-state index contributed by atoms with van der Waals surface area (Å²) in [5.41, 5.74) is 7.03. The Kier molecular flexibility index (Phi) is 2.78. The molecule has 0 unspecified atom stereocenters. The Morgan fingerprint density at radius 1 is 1.37 bits per heavy atom. The summed E-state index contributed by atoms with van der Waals surface area (Å²) in [6.45, 7) is 5.51. The van der Waals surface area contributed by atoms with Crippen molar-refractivity contribution in [2.45, 2.75) is 26.2 Å². The van der Waals surface area contributed by atoms with Gasteiger partial charge in [-0.1, -0.05) is 20.8 Å². The number of nitrogens with two attached hydrogens (primary N) is 2.